The van der Waals surface area contributed by atoms with Crippen LogP contribution in [0.15, 0.2) is 22.4 Å². The molecule has 1 aliphatic rings. The van der Waals surface area contributed by atoms with Crippen LogP contribution in [0.5, 0.6) is 0 Å². The van der Waals surface area contributed by atoms with Crippen molar-refractivity contribution in [3.8, 4) is 0 Å². The molecular weight excluding hydrogens is 616 g/mol. The summed E-state index contributed by atoms with van der Waals surface area (Å²) in [5.74, 6) is -4.34. The number of fused-ring (bicyclic) bond motifs is 1. The lowest BCUT2D eigenvalue weighted by molar-refractivity contribution is -0.370. The lowest BCUT2D eigenvalue weighted by atomic mass is 9.93. The van der Waals surface area contributed by atoms with E-state index in [9.17, 15) is 48.3 Å². The molecule has 228 valence electrons. The minimum atomic E-state index is -6.18. The van der Waals surface area contributed by atoms with Crippen molar-refractivity contribution in [2.45, 2.75) is 64.0 Å². The highest BCUT2D eigenvalue weighted by molar-refractivity contribution is 7.92. The molecule has 0 spiro atoms. The zero-order valence-corrected chi connectivity index (χ0v) is 22.8. The Balaban J connectivity index is 1.98. The van der Waals surface area contributed by atoms with Crippen molar-refractivity contribution < 1.29 is 53.1 Å². The molecule has 0 saturated carbocycles. The average Bonchev–Trinajstić information content (AvgIpc) is 3.30. The summed E-state index contributed by atoms with van der Waals surface area (Å²) in [6.07, 6.45) is -14.3. The number of esters is 1. The zero-order valence-electron chi connectivity index (χ0n) is 21.2. The first kappa shape index (κ1) is 32.4. The molecule has 0 saturated heterocycles. The summed E-state index contributed by atoms with van der Waals surface area (Å²) in [4.78, 5) is 13.7. The normalized spacial score (nSPS) is 16.6. The molecule has 1 atom stereocenters. The second-order valence-corrected chi connectivity index (χ2v) is 11.4. The summed E-state index contributed by atoms with van der Waals surface area (Å²) in [7, 11) is -4.95. The van der Waals surface area contributed by atoms with Gasteiger partial charge in [0.15, 0.2) is 5.75 Å². The van der Waals surface area contributed by atoms with Crippen LogP contribution in [0, 0.1) is 0 Å². The number of nitrogens with zero attached hydrogens (tertiary/aromatic N) is 5. The van der Waals surface area contributed by atoms with Gasteiger partial charge in [-0.25, -0.2) is 13.2 Å². The quantitative estimate of drug-likeness (QED) is 0.179. The minimum absolute atomic E-state index is 0.0962. The molecule has 0 bridgehead atoms. The molecule has 3 rings (SSSR count). The lowest BCUT2D eigenvalue weighted by Gasteiger charge is -2.39. The topological polar surface area (TPSA) is 126 Å². The fourth-order valence-corrected chi connectivity index (χ4v) is 5.51. The molecule has 2 heterocycles. The Bertz CT molecular complexity index is 1400. The SMILES string of the molecule is CCCN1c2cc(NS(=O)(=O)CC(F)(F)F)c(N=Nc3nnc(C(=O)OC(F)(F)C(F)(F)F)s3)cc2CCC1CC. The highest BCUT2D eigenvalue weighted by atomic mass is 32.2. The third kappa shape index (κ3) is 8.20. The lowest BCUT2D eigenvalue weighted by Crippen LogP contribution is -2.40. The van der Waals surface area contributed by atoms with E-state index in [1.807, 2.05) is 23.5 Å². The van der Waals surface area contributed by atoms with E-state index in [4.69, 9.17) is 0 Å². The van der Waals surface area contributed by atoms with Gasteiger partial charge < -0.3 is 9.64 Å². The Morgan fingerprint density at radius 3 is 2.39 bits per heavy atom. The van der Waals surface area contributed by atoms with Crippen molar-refractivity contribution in [1.29, 1.82) is 0 Å². The van der Waals surface area contributed by atoms with E-state index in [2.05, 4.69) is 25.2 Å². The van der Waals surface area contributed by atoms with E-state index in [0.29, 0.717) is 24.2 Å². The molecule has 0 radical (unpaired) electrons. The summed E-state index contributed by atoms with van der Waals surface area (Å²) in [6, 6.07) is 2.83. The third-order valence-corrected chi connectivity index (χ3v) is 7.66. The molecule has 1 N–H and O–H groups in total. The maximum absolute atomic E-state index is 13.0. The van der Waals surface area contributed by atoms with Crippen LogP contribution in [0.1, 0.15) is 48.5 Å². The average molecular weight is 639 g/mol. The van der Waals surface area contributed by atoms with E-state index >= 15 is 0 Å². The number of benzene rings is 1. The number of carbonyl (C=O) groups excluding carboxylic acids is 1. The fraction of sp³-hybridized carbons (Fsp3) is 0.571. The Kier molecular flexibility index (Phi) is 9.46. The van der Waals surface area contributed by atoms with Gasteiger partial charge >= 0.3 is 24.4 Å². The molecule has 1 aromatic carbocycles. The van der Waals surface area contributed by atoms with Crippen molar-refractivity contribution in [3.63, 3.8) is 0 Å². The van der Waals surface area contributed by atoms with Crippen LogP contribution >= 0.6 is 11.3 Å². The molecule has 20 heteroatoms. The second kappa shape index (κ2) is 12.0. The van der Waals surface area contributed by atoms with Crippen LogP contribution in [-0.2, 0) is 21.2 Å². The largest absolute Gasteiger partial charge is 0.501 e. The Morgan fingerprint density at radius 1 is 1.12 bits per heavy atom. The first-order chi connectivity index (χ1) is 18.9. The molecule has 1 aliphatic heterocycles. The highest BCUT2D eigenvalue weighted by Gasteiger charge is 2.62. The number of nitrogens with one attached hydrogen (secondary N) is 1. The van der Waals surface area contributed by atoms with Gasteiger partial charge in [0, 0.05) is 18.3 Å². The van der Waals surface area contributed by atoms with Crippen LogP contribution in [0.3, 0.4) is 0 Å². The summed E-state index contributed by atoms with van der Waals surface area (Å²) in [5.41, 5.74) is 0.666. The van der Waals surface area contributed by atoms with Crippen LogP contribution < -0.4 is 9.62 Å². The summed E-state index contributed by atoms with van der Waals surface area (Å²) in [6.45, 7) is 4.47. The Morgan fingerprint density at radius 2 is 1.80 bits per heavy atom. The van der Waals surface area contributed by atoms with Gasteiger partial charge in [0.05, 0.1) is 5.69 Å². The van der Waals surface area contributed by atoms with Crippen LogP contribution in [-0.4, -0.2) is 61.4 Å². The fourth-order valence-electron chi connectivity index (χ4n) is 3.97. The number of aromatic nitrogens is 2. The minimum Gasteiger partial charge on any atom is -0.388 e. The van der Waals surface area contributed by atoms with Crippen LogP contribution in [0.4, 0.5) is 57.3 Å². The number of azo groups is 1. The molecule has 1 unspecified atom stereocenters. The number of rotatable bonds is 10. The number of carbonyl (C=O) groups is 1. The number of ether oxygens (including phenoxy) is 1. The van der Waals surface area contributed by atoms with Crippen LogP contribution in [0.25, 0.3) is 0 Å². The van der Waals surface area contributed by atoms with E-state index in [1.54, 1.807) is 0 Å². The monoisotopic (exact) mass is 638 g/mol. The zero-order chi connectivity index (χ0) is 30.8. The summed E-state index contributed by atoms with van der Waals surface area (Å²) >= 11 is 0.124. The summed E-state index contributed by atoms with van der Waals surface area (Å²) < 4.78 is 131. The Labute approximate surface area is 231 Å². The number of alkyl halides is 8. The van der Waals surface area contributed by atoms with Crippen molar-refractivity contribution in [2.24, 2.45) is 10.2 Å². The maximum atomic E-state index is 13.0. The highest BCUT2D eigenvalue weighted by Crippen LogP contribution is 2.41. The van der Waals surface area contributed by atoms with E-state index in [-0.39, 0.29) is 28.8 Å². The number of halogens is 8. The third-order valence-electron chi connectivity index (χ3n) is 5.63. The number of hydrogen-bond donors (Lipinski definition) is 1. The van der Waals surface area contributed by atoms with Gasteiger partial charge in [-0.3, -0.25) is 4.72 Å². The van der Waals surface area contributed by atoms with Gasteiger partial charge in [-0.1, -0.05) is 25.2 Å². The second-order valence-electron chi connectivity index (χ2n) is 8.76. The first-order valence-corrected chi connectivity index (χ1v) is 14.3. The van der Waals surface area contributed by atoms with Gasteiger partial charge in [-0.05, 0) is 43.4 Å². The standard InChI is InChI=1S/C21H22F8N6O4S2/c1-3-7-35-12(4-2)6-5-11-8-13(14(9-15(11)35)34-41(37,38)10-19(22,23)24)30-32-18-33-31-16(40-18)17(36)39-21(28,29)20(25,26)27/h8-9,12,34H,3-7,10H2,1-2H3. The molecule has 0 aliphatic carbocycles. The molecule has 41 heavy (non-hydrogen) atoms. The van der Waals surface area contributed by atoms with Gasteiger partial charge in [-0.15, -0.1) is 20.4 Å². The van der Waals surface area contributed by atoms with E-state index < -0.39 is 50.3 Å². The molecule has 1 aromatic heterocycles. The van der Waals surface area contributed by atoms with Crippen LogP contribution in [0.2, 0.25) is 0 Å². The van der Waals surface area contributed by atoms with E-state index in [0.717, 1.165) is 19.3 Å². The predicted octanol–water partition coefficient (Wildman–Crippen LogP) is 6.51. The molecule has 10 nitrogen and oxygen atoms in total. The molecule has 2 aromatic rings. The number of anilines is 2. The molecule has 0 amide bonds. The van der Waals surface area contributed by atoms with Gasteiger partial charge in [0.25, 0.3) is 5.13 Å². The van der Waals surface area contributed by atoms with E-state index in [1.165, 1.54) is 12.1 Å². The van der Waals surface area contributed by atoms with Crippen molar-refractivity contribution in [2.75, 3.05) is 21.9 Å². The van der Waals surface area contributed by atoms with Gasteiger partial charge in [-0.2, -0.15) is 35.1 Å². The maximum Gasteiger partial charge on any atom is 0.501 e. The number of aryl methyl sites for hydroxylation is 1. The van der Waals surface area contributed by atoms with Crippen molar-refractivity contribution >= 4 is 49.5 Å². The smallest absolute Gasteiger partial charge is 0.388 e. The van der Waals surface area contributed by atoms with Crippen molar-refractivity contribution in [3.05, 3.63) is 22.7 Å². The first-order valence-electron chi connectivity index (χ1n) is 11.8. The molecular formula is C21H22F8N6O4S2. The number of hydrogen-bond acceptors (Lipinski definition) is 10. The van der Waals surface area contributed by atoms with Gasteiger partial charge in [0.2, 0.25) is 15.0 Å². The molecule has 0 fully saturated rings. The number of sulfonamides is 1. The van der Waals surface area contributed by atoms with Gasteiger partial charge in [0.1, 0.15) is 5.69 Å². The Hall–Kier alpha value is -3.16. The summed E-state index contributed by atoms with van der Waals surface area (Å²) in [5, 5.41) is 12.3. The predicted molar refractivity (Wildman–Crippen MR) is 130 cm³/mol. The van der Waals surface area contributed by atoms with Crippen molar-refractivity contribution in [1.82, 2.24) is 10.2 Å².